The van der Waals surface area contributed by atoms with Crippen LogP contribution in [0.3, 0.4) is 0 Å². The fraction of sp³-hybridized carbons (Fsp3) is 0.533. The van der Waals surface area contributed by atoms with Gasteiger partial charge in [-0.1, -0.05) is 0 Å². The maximum absolute atomic E-state index is 10.9. The monoisotopic (exact) mass is 595 g/mol. The molecule has 7 atom stereocenters. The molecule has 0 saturated carbocycles. The summed E-state index contributed by atoms with van der Waals surface area (Å²) in [6.45, 7) is -1.80. The van der Waals surface area contributed by atoms with Crippen LogP contribution < -0.4 is 5.73 Å². The lowest BCUT2D eigenvalue weighted by Crippen LogP contribution is -2.40. The van der Waals surface area contributed by atoms with Crippen molar-refractivity contribution in [3.8, 4) is 0 Å². The van der Waals surface area contributed by atoms with Crippen molar-refractivity contribution in [1.82, 2.24) is 19.9 Å². The molecule has 2 aromatic heterocycles. The third-order valence-corrected chi connectivity index (χ3v) is 5.98. The lowest BCUT2D eigenvalue weighted by Gasteiger charge is -2.20. The van der Waals surface area contributed by atoms with Gasteiger partial charge in [0.1, 0.15) is 48.5 Å². The van der Waals surface area contributed by atoms with E-state index in [0.717, 1.165) is 0 Å². The molecule has 13 N–H and O–H groups in total. The van der Waals surface area contributed by atoms with Crippen LogP contribution in [0.1, 0.15) is 0 Å². The highest BCUT2D eigenvalue weighted by Crippen LogP contribution is 2.57. The minimum atomic E-state index is -5.28. The Morgan fingerprint density at radius 1 is 0.921 bits per heavy atom. The van der Waals surface area contributed by atoms with Crippen molar-refractivity contribution in [2.75, 3.05) is 18.9 Å². The number of H-pyrrole nitrogens is 1. The first-order valence-corrected chi connectivity index (χ1v) is 12.8. The lowest BCUT2D eigenvalue weighted by molar-refractivity contribution is -0.128. The molecule has 0 radical (unpaired) electrons. The van der Waals surface area contributed by atoms with Gasteiger partial charge in [0.05, 0.1) is 19.5 Å². The number of aromatic amines is 1. The average molecular weight is 595 g/mol. The summed E-state index contributed by atoms with van der Waals surface area (Å²) in [5, 5.41) is 61.0. The van der Waals surface area contributed by atoms with E-state index in [2.05, 4.69) is 28.8 Å². The number of hydrogen-bond acceptors (Lipinski definition) is 17. The summed E-state index contributed by atoms with van der Waals surface area (Å²) in [5.41, 5.74) is 6.78. The number of nitrogen functional groups attached to an aromatic ring is 1. The van der Waals surface area contributed by atoms with Crippen LogP contribution in [0.4, 0.5) is 5.82 Å². The topological polar surface area (TPSA) is 370 Å². The Labute approximate surface area is 212 Å². The molecule has 38 heavy (non-hydrogen) atoms. The van der Waals surface area contributed by atoms with Crippen molar-refractivity contribution in [3.05, 3.63) is 12.7 Å². The summed E-state index contributed by atoms with van der Waals surface area (Å²) in [4.78, 5) is 59.4. The van der Waals surface area contributed by atoms with Crippen LogP contribution in [0.15, 0.2) is 12.7 Å². The van der Waals surface area contributed by atoms with E-state index in [-0.39, 0.29) is 12.6 Å². The number of carbonyl (C=O) groups is 2. The number of phosphoric acid groups is 2. The third kappa shape index (κ3) is 13.5. The molecule has 0 saturated heterocycles. The van der Waals surface area contributed by atoms with Crippen molar-refractivity contribution in [3.63, 3.8) is 0 Å². The SMILES string of the molecule is Nc1ncnc2nc[nH]c12.O=C[C@H](O)[C@H](O)[C@H](O)CO.O=C[C@H](O)[C@H](O)[C@H](O)COP(=O)(O)OP(=O)(O)O. The van der Waals surface area contributed by atoms with E-state index < -0.39 is 65.5 Å². The zero-order valence-corrected chi connectivity index (χ0v) is 20.7. The van der Waals surface area contributed by atoms with Crippen LogP contribution in [0.5, 0.6) is 0 Å². The molecular weight excluding hydrogens is 568 g/mol. The van der Waals surface area contributed by atoms with Crippen molar-refractivity contribution in [2.45, 2.75) is 36.6 Å². The van der Waals surface area contributed by atoms with E-state index in [1.165, 1.54) is 12.7 Å². The van der Waals surface area contributed by atoms with E-state index in [0.29, 0.717) is 17.0 Å². The Bertz CT molecular complexity index is 1080. The van der Waals surface area contributed by atoms with Gasteiger partial charge in [-0.3, -0.25) is 4.52 Å². The first-order chi connectivity index (χ1) is 17.5. The number of nitrogens with zero attached hydrogens (tertiary/aromatic N) is 3. The molecule has 23 heteroatoms. The minimum absolute atomic E-state index is 0.0869. The number of fused-ring (bicyclic) bond motifs is 1. The molecule has 0 aliphatic carbocycles. The summed E-state index contributed by atoms with van der Waals surface area (Å²) >= 11 is 0. The predicted octanol–water partition coefficient (Wildman–Crippen LogP) is -5.31. The third-order valence-electron chi connectivity index (χ3n) is 3.82. The van der Waals surface area contributed by atoms with E-state index >= 15 is 0 Å². The van der Waals surface area contributed by atoms with Gasteiger partial charge in [-0.25, -0.2) is 24.1 Å². The smallest absolute Gasteiger partial charge is 0.394 e. The van der Waals surface area contributed by atoms with Gasteiger partial charge >= 0.3 is 15.6 Å². The largest absolute Gasteiger partial charge is 0.481 e. The van der Waals surface area contributed by atoms with Crippen LogP contribution in [0, 0.1) is 0 Å². The first-order valence-electron chi connectivity index (χ1n) is 9.73. The summed E-state index contributed by atoms with van der Waals surface area (Å²) in [5.74, 6) is 0.433. The molecule has 218 valence electrons. The van der Waals surface area contributed by atoms with Crippen LogP contribution in [0.2, 0.25) is 0 Å². The van der Waals surface area contributed by atoms with E-state index in [1.54, 1.807) is 0 Å². The Hall–Kier alpha value is -2.33. The maximum atomic E-state index is 10.9. The quantitative estimate of drug-likeness (QED) is 0.0804. The number of anilines is 1. The number of aromatic nitrogens is 4. The molecule has 0 amide bonds. The van der Waals surface area contributed by atoms with E-state index in [4.69, 9.17) is 56.2 Å². The van der Waals surface area contributed by atoms with Crippen LogP contribution in [0.25, 0.3) is 11.2 Å². The first kappa shape index (κ1) is 35.7. The fourth-order valence-electron chi connectivity index (χ4n) is 1.94. The van der Waals surface area contributed by atoms with Gasteiger partial charge in [-0.15, -0.1) is 0 Å². The highest BCUT2D eigenvalue weighted by atomic mass is 31.3. The molecule has 0 aromatic carbocycles. The van der Waals surface area contributed by atoms with E-state index in [1.807, 2.05) is 0 Å². The molecule has 2 rings (SSSR count). The zero-order valence-electron chi connectivity index (χ0n) is 18.9. The second kappa shape index (κ2) is 16.6. The number of phosphoric ester groups is 1. The highest BCUT2D eigenvalue weighted by molar-refractivity contribution is 7.60. The second-order valence-corrected chi connectivity index (χ2v) is 9.58. The molecule has 0 fully saturated rings. The number of imidazole rings is 1. The standard InChI is InChI=1S/C5H5N5.C5H12O11P2.C5H10O5/c6-4-3-5(9-1-7-3)10-2-8-4;6-1-3(7)5(9)4(8)2-15-18(13,14)16-17(10,11)12;6-1-3(8)5(10)4(9)2-7/h1-2H,(H3,6,7,8,9,10);1,3-5,7-9H,2H2,(H,13,14)(H2,10,11,12);1,3-5,7-10H,2H2/t;2*3-,4+,5-/m.00/s1. The number of aldehydes is 2. The molecule has 0 bridgehead atoms. The number of nitrogens with two attached hydrogens (primary N) is 1. The highest BCUT2D eigenvalue weighted by Gasteiger charge is 2.34. The Morgan fingerprint density at radius 3 is 1.89 bits per heavy atom. The van der Waals surface area contributed by atoms with Gasteiger partial charge < -0.3 is 70.7 Å². The lowest BCUT2D eigenvalue weighted by atomic mass is 10.1. The number of aliphatic hydroxyl groups is 7. The molecule has 2 heterocycles. The van der Waals surface area contributed by atoms with Crippen molar-refractivity contribution < 1.29 is 78.0 Å². The zero-order chi connectivity index (χ0) is 29.7. The van der Waals surface area contributed by atoms with Crippen molar-refractivity contribution in [1.29, 1.82) is 0 Å². The Kier molecular flexibility index (Phi) is 15.6. The van der Waals surface area contributed by atoms with Crippen molar-refractivity contribution in [2.24, 2.45) is 0 Å². The number of rotatable bonds is 12. The number of hydrogen-bond donors (Lipinski definition) is 12. The van der Waals surface area contributed by atoms with Crippen molar-refractivity contribution >= 4 is 45.2 Å². The summed E-state index contributed by atoms with van der Waals surface area (Å²) < 4.78 is 28.4. The van der Waals surface area contributed by atoms with E-state index in [9.17, 15) is 18.7 Å². The van der Waals surface area contributed by atoms with Gasteiger partial charge in [0.25, 0.3) is 0 Å². The van der Waals surface area contributed by atoms with Gasteiger partial charge in [0.15, 0.2) is 24.0 Å². The molecule has 0 aliphatic heterocycles. The molecule has 21 nitrogen and oxygen atoms in total. The van der Waals surface area contributed by atoms with Crippen LogP contribution in [-0.2, 0) is 27.6 Å². The molecule has 0 spiro atoms. The predicted molar refractivity (Wildman–Crippen MR) is 120 cm³/mol. The number of carbonyl (C=O) groups excluding carboxylic acids is 2. The normalized spacial score (nSPS) is 17.7. The summed E-state index contributed by atoms with van der Waals surface area (Å²) in [6.07, 6.45) is -7.71. The summed E-state index contributed by atoms with van der Waals surface area (Å²) in [6, 6.07) is 0. The van der Waals surface area contributed by atoms with Gasteiger partial charge in [-0.2, -0.15) is 4.31 Å². The fourth-order valence-corrected chi connectivity index (χ4v) is 3.54. The minimum Gasteiger partial charge on any atom is -0.394 e. The van der Waals surface area contributed by atoms with Crippen LogP contribution in [-0.4, -0.2) is 133 Å². The maximum Gasteiger partial charge on any atom is 0.481 e. The second-order valence-electron chi connectivity index (χ2n) is 6.75. The number of nitrogens with one attached hydrogen (secondary N) is 1. The van der Waals surface area contributed by atoms with Gasteiger partial charge in [-0.05, 0) is 0 Å². The molecule has 2 aromatic rings. The summed E-state index contributed by atoms with van der Waals surface area (Å²) in [7, 11) is -10.4. The number of aliphatic hydroxyl groups excluding tert-OH is 7. The van der Waals surface area contributed by atoms with Gasteiger partial charge in [0, 0.05) is 0 Å². The average Bonchev–Trinajstić information content (AvgIpc) is 3.34. The Balaban J connectivity index is 0.000000579. The molecular formula is C15H27N5O16P2. The van der Waals surface area contributed by atoms with Gasteiger partial charge in [0.2, 0.25) is 0 Å². The van der Waals surface area contributed by atoms with Crippen LogP contribution >= 0.6 is 15.6 Å². The molecule has 1 unspecified atom stereocenters. The molecule has 0 aliphatic rings. The Morgan fingerprint density at radius 2 is 1.45 bits per heavy atom.